The fourth-order valence-corrected chi connectivity index (χ4v) is 1.93. The Kier molecular flexibility index (Phi) is 3.09. The van der Waals surface area contributed by atoms with E-state index in [1.807, 2.05) is 20.8 Å². The number of nitrogens with zero attached hydrogens (tertiary/aromatic N) is 6. The third-order valence-electron chi connectivity index (χ3n) is 2.61. The highest BCUT2D eigenvalue weighted by atomic mass is 16.4. The molecule has 2 rings (SSSR count). The number of hydrogen-bond donors (Lipinski definition) is 1. The predicted molar refractivity (Wildman–Crippen MR) is 65.8 cm³/mol. The van der Waals surface area contributed by atoms with Gasteiger partial charge in [-0.1, -0.05) is 31.2 Å². The van der Waals surface area contributed by atoms with Crippen molar-refractivity contribution in [3.05, 3.63) is 23.3 Å². The van der Waals surface area contributed by atoms with Gasteiger partial charge < -0.3 is 5.11 Å². The van der Waals surface area contributed by atoms with Gasteiger partial charge in [0.2, 0.25) is 0 Å². The van der Waals surface area contributed by atoms with Crippen LogP contribution in [-0.4, -0.2) is 41.1 Å². The molecule has 102 valence electrons. The Morgan fingerprint density at radius 3 is 2.47 bits per heavy atom. The summed E-state index contributed by atoms with van der Waals surface area (Å²) in [5.74, 6) is -1.07. The second-order valence-electron chi connectivity index (χ2n) is 5.38. The molecular weight excluding hydrogens is 248 g/mol. The van der Waals surface area contributed by atoms with Gasteiger partial charge in [-0.05, 0) is 0 Å². The average Bonchev–Trinajstić information content (AvgIpc) is 2.84. The van der Waals surface area contributed by atoms with Gasteiger partial charge in [0.1, 0.15) is 5.69 Å². The monoisotopic (exact) mass is 264 g/mol. The maximum absolute atomic E-state index is 11.2. The Hall–Kier alpha value is -2.25. The van der Waals surface area contributed by atoms with Crippen LogP contribution >= 0.6 is 0 Å². The van der Waals surface area contributed by atoms with Gasteiger partial charge >= 0.3 is 5.97 Å². The lowest BCUT2D eigenvalue weighted by atomic mass is 9.90. The summed E-state index contributed by atoms with van der Waals surface area (Å²) in [6, 6.07) is 0. The molecule has 0 aliphatic rings. The summed E-state index contributed by atoms with van der Waals surface area (Å²) in [6.07, 6.45) is 1.76. The largest absolute Gasteiger partial charge is 0.476 e. The van der Waals surface area contributed by atoms with Crippen LogP contribution in [-0.2, 0) is 19.0 Å². The first kappa shape index (κ1) is 13.2. The van der Waals surface area contributed by atoms with Gasteiger partial charge in [-0.25, -0.2) is 9.48 Å². The fraction of sp³-hybridized carbons (Fsp3) is 0.545. The topological polar surface area (TPSA) is 98.7 Å². The van der Waals surface area contributed by atoms with E-state index in [1.54, 1.807) is 22.6 Å². The van der Waals surface area contributed by atoms with Crippen molar-refractivity contribution in [1.29, 1.82) is 0 Å². The van der Waals surface area contributed by atoms with E-state index in [1.165, 1.54) is 0 Å². The highest BCUT2D eigenvalue weighted by molar-refractivity contribution is 5.86. The third-order valence-corrected chi connectivity index (χ3v) is 2.61. The summed E-state index contributed by atoms with van der Waals surface area (Å²) in [4.78, 5) is 11.2. The van der Waals surface area contributed by atoms with Crippen molar-refractivity contribution in [3.63, 3.8) is 0 Å². The summed E-state index contributed by atoms with van der Waals surface area (Å²) in [5, 5.41) is 24.6. The molecule has 0 atom stereocenters. The van der Waals surface area contributed by atoms with E-state index in [2.05, 4.69) is 20.6 Å². The molecule has 0 radical (unpaired) electrons. The molecule has 0 aromatic carbocycles. The zero-order chi connectivity index (χ0) is 14.2. The van der Waals surface area contributed by atoms with Gasteiger partial charge in [-0.3, -0.25) is 4.68 Å². The van der Waals surface area contributed by atoms with Crippen LogP contribution in [0.1, 0.15) is 42.6 Å². The molecule has 8 nitrogen and oxygen atoms in total. The quantitative estimate of drug-likeness (QED) is 0.864. The first-order valence-electron chi connectivity index (χ1n) is 5.81. The maximum atomic E-state index is 11.2. The van der Waals surface area contributed by atoms with Crippen LogP contribution in [0.3, 0.4) is 0 Å². The van der Waals surface area contributed by atoms with E-state index in [0.717, 1.165) is 0 Å². The first-order valence-corrected chi connectivity index (χ1v) is 5.81. The van der Waals surface area contributed by atoms with E-state index in [-0.39, 0.29) is 11.1 Å². The van der Waals surface area contributed by atoms with Crippen LogP contribution in [0.15, 0.2) is 6.20 Å². The summed E-state index contributed by atoms with van der Waals surface area (Å²) in [7, 11) is 1.77. The van der Waals surface area contributed by atoms with Crippen LogP contribution in [0.2, 0.25) is 0 Å². The Morgan fingerprint density at radius 2 is 2.00 bits per heavy atom. The van der Waals surface area contributed by atoms with Crippen molar-refractivity contribution >= 4 is 5.97 Å². The zero-order valence-electron chi connectivity index (χ0n) is 11.3. The minimum atomic E-state index is -1.07. The fourth-order valence-electron chi connectivity index (χ4n) is 1.93. The second kappa shape index (κ2) is 4.45. The minimum Gasteiger partial charge on any atom is -0.476 e. The molecule has 2 heterocycles. The van der Waals surface area contributed by atoms with Crippen molar-refractivity contribution in [3.8, 4) is 0 Å². The molecule has 1 N–H and O–H groups in total. The molecule has 2 aromatic rings. The highest BCUT2D eigenvalue weighted by Crippen LogP contribution is 2.25. The number of aromatic nitrogens is 6. The van der Waals surface area contributed by atoms with Crippen molar-refractivity contribution in [1.82, 2.24) is 30.0 Å². The summed E-state index contributed by atoms with van der Waals surface area (Å²) < 4.78 is 3.15. The second-order valence-corrected chi connectivity index (χ2v) is 5.38. The number of carbonyl (C=O) groups is 1. The van der Waals surface area contributed by atoms with E-state index >= 15 is 0 Å². The maximum Gasteiger partial charge on any atom is 0.358 e. The van der Waals surface area contributed by atoms with Crippen LogP contribution in [0, 0.1) is 0 Å². The molecule has 0 amide bonds. The molecule has 0 spiro atoms. The van der Waals surface area contributed by atoms with Crippen LogP contribution in [0.4, 0.5) is 0 Å². The van der Waals surface area contributed by atoms with E-state index < -0.39 is 5.97 Å². The molecule has 0 saturated carbocycles. The lowest BCUT2D eigenvalue weighted by Crippen LogP contribution is -2.22. The predicted octanol–water partition coefficient (Wildman–Crippen LogP) is 0.451. The van der Waals surface area contributed by atoms with Crippen LogP contribution in [0.25, 0.3) is 0 Å². The molecule has 0 unspecified atom stereocenters. The number of carboxylic acids is 1. The van der Waals surface area contributed by atoms with Gasteiger partial charge in [-0.2, -0.15) is 0 Å². The van der Waals surface area contributed by atoms with Gasteiger partial charge in [-0.15, -0.1) is 10.2 Å². The molecule has 2 aromatic heterocycles. The van der Waals surface area contributed by atoms with Gasteiger partial charge in [0.25, 0.3) is 0 Å². The van der Waals surface area contributed by atoms with Gasteiger partial charge in [0, 0.05) is 18.7 Å². The molecule has 0 saturated heterocycles. The number of aromatic carboxylic acids is 1. The van der Waals surface area contributed by atoms with Crippen LogP contribution < -0.4 is 0 Å². The average molecular weight is 264 g/mol. The first-order chi connectivity index (χ1) is 8.79. The van der Waals surface area contributed by atoms with Gasteiger partial charge in [0.15, 0.2) is 5.69 Å². The van der Waals surface area contributed by atoms with E-state index in [4.69, 9.17) is 5.11 Å². The highest BCUT2D eigenvalue weighted by Gasteiger charge is 2.29. The summed E-state index contributed by atoms with van der Waals surface area (Å²) >= 11 is 0. The van der Waals surface area contributed by atoms with E-state index in [9.17, 15) is 4.79 Å². The molecular formula is C11H16N6O2. The number of carboxylic acid groups (broad SMARTS) is 1. The third kappa shape index (κ3) is 2.61. The Morgan fingerprint density at radius 1 is 1.32 bits per heavy atom. The Bertz CT molecular complexity index is 607. The number of rotatable bonds is 3. The molecule has 0 bridgehead atoms. The Labute approximate surface area is 110 Å². The molecule has 0 aliphatic heterocycles. The summed E-state index contributed by atoms with van der Waals surface area (Å²) in [5.41, 5.74) is 0.885. The summed E-state index contributed by atoms with van der Waals surface area (Å²) in [6.45, 7) is 6.11. The van der Waals surface area contributed by atoms with Crippen molar-refractivity contribution in [2.45, 2.75) is 32.7 Å². The lowest BCUT2D eigenvalue weighted by molar-refractivity contribution is 0.0687. The van der Waals surface area contributed by atoms with Crippen molar-refractivity contribution in [2.75, 3.05) is 0 Å². The lowest BCUT2D eigenvalue weighted by Gasteiger charge is -2.19. The molecule has 8 heteroatoms. The standard InChI is InChI=1S/C11H16N6O2/c1-11(2,3)9-8(10(18)19)13-15-17(9)6-7-5-16(4)14-12-7/h5H,6H2,1-4H3,(H,18,19). The number of aryl methyl sites for hydroxylation is 1. The van der Waals surface area contributed by atoms with Crippen molar-refractivity contribution < 1.29 is 9.90 Å². The van der Waals surface area contributed by atoms with Gasteiger partial charge in [0.05, 0.1) is 12.2 Å². The Balaban J connectivity index is 2.43. The van der Waals surface area contributed by atoms with Crippen LogP contribution in [0.5, 0.6) is 0 Å². The smallest absolute Gasteiger partial charge is 0.358 e. The minimum absolute atomic E-state index is 0.0172. The number of hydrogen-bond acceptors (Lipinski definition) is 5. The molecule has 0 aliphatic carbocycles. The normalized spacial score (nSPS) is 11.8. The molecule has 0 fully saturated rings. The zero-order valence-corrected chi connectivity index (χ0v) is 11.3. The SMILES string of the molecule is Cn1cc(Cn2nnc(C(=O)O)c2C(C)(C)C)nn1. The van der Waals surface area contributed by atoms with E-state index in [0.29, 0.717) is 17.9 Å². The van der Waals surface area contributed by atoms with Crippen molar-refractivity contribution in [2.24, 2.45) is 7.05 Å². The molecule has 19 heavy (non-hydrogen) atoms.